The number of benzene rings is 2. The molecule has 0 spiro atoms. The lowest BCUT2D eigenvalue weighted by molar-refractivity contribution is -0.125. The lowest BCUT2D eigenvalue weighted by Gasteiger charge is -2.38. The summed E-state index contributed by atoms with van der Waals surface area (Å²) in [6.45, 7) is 4.86. The van der Waals surface area contributed by atoms with Crippen LogP contribution in [0.25, 0.3) is 0 Å². The number of methoxy groups -OCH3 is 1. The van der Waals surface area contributed by atoms with Gasteiger partial charge in [-0.3, -0.25) is 14.9 Å². The Morgan fingerprint density at radius 1 is 1.03 bits per heavy atom. The van der Waals surface area contributed by atoms with Gasteiger partial charge in [-0.2, -0.15) is 0 Å². The molecule has 2 heterocycles. The monoisotopic (exact) mass is 479 g/mol. The summed E-state index contributed by atoms with van der Waals surface area (Å²) in [5, 5.41) is 5.58. The average molecular weight is 480 g/mol. The van der Waals surface area contributed by atoms with E-state index >= 15 is 0 Å². The molecule has 0 aromatic heterocycles. The third-order valence-corrected chi connectivity index (χ3v) is 5.89. The highest BCUT2D eigenvalue weighted by Crippen LogP contribution is 2.21. The van der Waals surface area contributed by atoms with Crippen LogP contribution in [-0.2, 0) is 14.3 Å². The fourth-order valence-electron chi connectivity index (χ4n) is 3.99. The van der Waals surface area contributed by atoms with Crippen LogP contribution in [0.3, 0.4) is 0 Å². The first-order chi connectivity index (χ1) is 17.0. The highest BCUT2D eigenvalue weighted by Gasteiger charge is 2.30. The van der Waals surface area contributed by atoms with E-state index in [0.717, 1.165) is 24.5 Å². The molecule has 10 heteroatoms. The van der Waals surface area contributed by atoms with E-state index in [1.54, 1.807) is 38.3 Å². The molecule has 2 N–H and O–H groups in total. The smallest absolute Gasteiger partial charge is 0.338 e. The van der Waals surface area contributed by atoms with Gasteiger partial charge in [-0.15, -0.1) is 0 Å². The Labute approximate surface area is 203 Å². The number of hydrogen-bond acceptors (Lipinski definition) is 8. The fourth-order valence-corrected chi connectivity index (χ4v) is 3.99. The zero-order valence-corrected chi connectivity index (χ0v) is 19.8. The molecule has 2 aliphatic rings. The topological polar surface area (TPSA) is 113 Å². The largest absolute Gasteiger partial charge is 0.497 e. The molecule has 2 aromatic carbocycles. The molecule has 2 aromatic rings. The molecule has 1 atom stereocenters. The van der Waals surface area contributed by atoms with E-state index in [4.69, 9.17) is 9.47 Å². The van der Waals surface area contributed by atoms with Crippen LogP contribution in [0.15, 0.2) is 53.5 Å². The van der Waals surface area contributed by atoms with Gasteiger partial charge in [0.2, 0.25) is 17.8 Å². The Morgan fingerprint density at radius 2 is 1.69 bits per heavy atom. The number of amides is 2. The average Bonchev–Trinajstić information content (AvgIpc) is 2.89. The maximum absolute atomic E-state index is 12.8. The van der Waals surface area contributed by atoms with Crippen molar-refractivity contribution in [1.82, 2.24) is 10.2 Å². The highest BCUT2D eigenvalue weighted by molar-refractivity contribution is 6.06. The minimum atomic E-state index is -0.830. The zero-order chi connectivity index (χ0) is 24.8. The Morgan fingerprint density at radius 3 is 2.31 bits per heavy atom. The maximum Gasteiger partial charge on any atom is 0.338 e. The van der Waals surface area contributed by atoms with E-state index in [1.807, 2.05) is 29.2 Å². The maximum atomic E-state index is 12.8. The van der Waals surface area contributed by atoms with Crippen molar-refractivity contribution in [2.24, 2.45) is 4.99 Å². The number of guanidine groups is 1. The summed E-state index contributed by atoms with van der Waals surface area (Å²) >= 11 is 0. The third-order valence-electron chi connectivity index (χ3n) is 5.89. The Hall–Kier alpha value is -4.08. The van der Waals surface area contributed by atoms with Gasteiger partial charge in [0.1, 0.15) is 11.8 Å². The van der Waals surface area contributed by atoms with Crippen molar-refractivity contribution < 1.29 is 23.9 Å². The van der Waals surface area contributed by atoms with Crippen molar-refractivity contribution in [3.63, 3.8) is 0 Å². The quantitative estimate of drug-likeness (QED) is 0.609. The normalized spacial score (nSPS) is 17.8. The van der Waals surface area contributed by atoms with Gasteiger partial charge in [0, 0.05) is 37.6 Å². The van der Waals surface area contributed by atoms with E-state index in [2.05, 4.69) is 20.5 Å². The minimum Gasteiger partial charge on any atom is -0.497 e. The Bertz CT molecular complexity index is 1090. The predicted molar refractivity (Wildman–Crippen MR) is 132 cm³/mol. The number of carbonyl (C=O) groups is 3. The molecule has 0 saturated carbocycles. The first kappa shape index (κ1) is 24.1. The van der Waals surface area contributed by atoms with Gasteiger partial charge in [-0.1, -0.05) is 0 Å². The number of carbonyl (C=O) groups excluding carboxylic acids is 3. The lowest BCUT2D eigenvalue weighted by Crippen LogP contribution is -2.56. The Kier molecular flexibility index (Phi) is 7.49. The van der Waals surface area contributed by atoms with Crippen molar-refractivity contribution in [2.75, 3.05) is 50.1 Å². The molecule has 1 fully saturated rings. The van der Waals surface area contributed by atoms with Crippen LogP contribution >= 0.6 is 0 Å². The number of nitrogens with one attached hydrogen (secondary N) is 2. The van der Waals surface area contributed by atoms with Crippen LogP contribution in [0, 0.1) is 0 Å². The van der Waals surface area contributed by atoms with Gasteiger partial charge in [0.05, 0.1) is 25.7 Å². The summed E-state index contributed by atoms with van der Waals surface area (Å²) in [5.41, 5.74) is 2.01. The molecule has 0 bridgehead atoms. The number of ether oxygens (including phenoxy) is 2. The van der Waals surface area contributed by atoms with Gasteiger partial charge in [0.15, 0.2) is 0 Å². The van der Waals surface area contributed by atoms with Gasteiger partial charge in [-0.25, -0.2) is 9.79 Å². The van der Waals surface area contributed by atoms with Gasteiger partial charge in [0.25, 0.3) is 0 Å². The summed E-state index contributed by atoms with van der Waals surface area (Å²) in [4.78, 5) is 45.7. The van der Waals surface area contributed by atoms with E-state index in [0.29, 0.717) is 30.3 Å². The molecule has 4 rings (SSSR count). The predicted octanol–water partition coefficient (Wildman–Crippen LogP) is 1.88. The van der Waals surface area contributed by atoms with Crippen LogP contribution in [0.2, 0.25) is 0 Å². The number of anilines is 2. The molecule has 10 nitrogen and oxygen atoms in total. The second-order valence-electron chi connectivity index (χ2n) is 8.18. The van der Waals surface area contributed by atoms with Gasteiger partial charge >= 0.3 is 5.97 Å². The molecule has 1 unspecified atom stereocenters. The van der Waals surface area contributed by atoms with Crippen LogP contribution in [0.1, 0.15) is 23.7 Å². The minimum absolute atomic E-state index is 0.0257. The zero-order valence-electron chi connectivity index (χ0n) is 19.8. The standard InChI is InChI=1S/C25H29N5O5/c1-3-35-24(33)17-4-6-18(7-5-17)26-23(32)21-16-22(31)28-25(27-21)30-14-12-29(13-15-30)19-8-10-20(34-2)11-9-19/h4-11,21H,3,12-16H2,1-2H3,(H,26,32)(H,27,28,31). The summed E-state index contributed by atoms with van der Waals surface area (Å²) in [5.74, 6) is 0.193. The van der Waals surface area contributed by atoms with Gasteiger partial charge < -0.3 is 24.6 Å². The van der Waals surface area contributed by atoms with E-state index in [-0.39, 0.29) is 24.8 Å². The molecule has 35 heavy (non-hydrogen) atoms. The van der Waals surface area contributed by atoms with Crippen molar-refractivity contribution in [1.29, 1.82) is 0 Å². The van der Waals surface area contributed by atoms with Crippen LogP contribution in [-0.4, -0.2) is 74.6 Å². The van der Waals surface area contributed by atoms with E-state index in [1.165, 1.54) is 0 Å². The number of esters is 1. The van der Waals surface area contributed by atoms with Crippen molar-refractivity contribution in [3.05, 3.63) is 54.1 Å². The van der Waals surface area contributed by atoms with Crippen molar-refractivity contribution >= 4 is 35.1 Å². The summed E-state index contributed by atoms with van der Waals surface area (Å²) < 4.78 is 10.2. The molecule has 2 aliphatic heterocycles. The molecule has 0 aliphatic carbocycles. The number of piperazine rings is 1. The SMILES string of the molecule is CCOC(=O)c1ccc(NC(=O)C2CC(=O)NC(N3CCN(c4ccc(OC)cc4)CC3)=N2)cc1. The fraction of sp³-hybridized carbons (Fsp3) is 0.360. The number of hydrogen-bond donors (Lipinski definition) is 2. The van der Waals surface area contributed by atoms with Gasteiger partial charge in [-0.05, 0) is 55.5 Å². The van der Waals surface area contributed by atoms with Crippen LogP contribution in [0.5, 0.6) is 5.75 Å². The van der Waals surface area contributed by atoms with Crippen molar-refractivity contribution in [3.8, 4) is 5.75 Å². The molecular weight excluding hydrogens is 450 g/mol. The number of aliphatic imine (C=N–C) groups is 1. The summed E-state index contributed by atoms with van der Waals surface area (Å²) in [6.07, 6.45) is -0.0257. The second-order valence-corrected chi connectivity index (χ2v) is 8.18. The summed E-state index contributed by atoms with van der Waals surface area (Å²) in [6, 6.07) is 13.5. The third kappa shape index (κ3) is 5.89. The molecule has 184 valence electrons. The lowest BCUT2D eigenvalue weighted by atomic mass is 10.1. The molecule has 2 amide bonds. The second kappa shape index (κ2) is 10.9. The van der Waals surface area contributed by atoms with E-state index < -0.39 is 12.0 Å². The van der Waals surface area contributed by atoms with Crippen LogP contribution in [0.4, 0.5) is 11.4 Å². The first-order valence-electron chi connectivity index (χ1n) is 11.6. The highest BCUT2D eigenvalue weighted by atomic mass is 16.5. The van der Waals surface area contributed by atoms with Crippen LogP contribution < -0.4 is 20.3 Å². The number of rotatable bonds is 6. The first-order valence-corrected chi connectivity index (χ1v) is 11.6. The number of nitrogens with zero attached hydrogens (tertiary/aromatic N) is 3. The molecule has 0 radical (unpaired) electrons. The molecule has 1 saturated heterocycles. The van der Waals surface area contributed by atoms with Crippen molar-refractivity contribution in [2.45, 2.75) is 19.4 Å². The summed E-state index contributed by atoms with van der Waals surface area (Å²) in [7, 11) is 1.64. The van der Waals surface area contributed by atoms with E-state index in [9.17, 15) is 14.4 Å². The molecular formula is C25H29N5O5. The Balaban J connectivity index is 1.36.